The van der Waals surface area contributed by atoms with Crippen molar-refractivity contribution >= 4 is 11.6 Å². The van der Waals surface area contributed by atoms with Crippen LogP contribution in [-0.2, 0) is 4.79 Å². The number of likely N-dealkylation sites (tertiary alicyclic amines) is 1. The molecule has 4 heteroatoms. The highest BCUT2D eigenvalue weighted by Crippen LogP contribution is 2.28. The Labute approximate surface area is 145 Å². The van der Waals surface area contributed by atoms with Gasteiger partial charge >= 0.3 is 0 Å². The Kier molecular flexibility index (Phi) is 5.52. The van der Waals surface area contributed by atoms with Crippen molar-refractivity contribution in [1.29, 1.82) is 5.26 Å². The third kappa shape index (κ3) is 3.62. The highest BCUT2D eigenvalue weighted by molar-refractivity contribution is 5.99. The standard InChI is InChI=1S/C20H27N3O/c1-2-4-16-5-3-12-22(13-10-16)19-11-14-23(20(19)24)18-8-6-17(15-21)7-9-18/h6-9,16,19H,2-5,10-14H2,1H3/t16-,19-/m1/s1. The Morgan fingerprint density at radius 3 is 2.62 bits per heavy atom. The molecule has 0 aromatic heterocycles. The highest BCUT2D eigenvalue weighted by Gasteiger charge is 2.37. The zero-order valence-electron chi connectivity index (χ0n) is 14.6. The molecule has 2 aliphatic rings. The van der Waals surface area contributed by atoms with Gasteiger partial charge in [0.25, 0.3) is 0 Å². The fraction of sp³-hybridized carbons (Fsp3) is 0.600. The number of benzene rings is 1. The fourth-order valence-corrected chi connectivity index (χ4v) is 4.17. The molecule has 0 aliphatic carbocycles. The molecular weight excluding hydrogens is 298 g/mol. The summed E-state index contributed by atoms with van der Waals surface area (Å²) in [7, 11) is 0. The summed E-state index contributed by atoms with van der Waals surface area (Å²) in [5.74, 6) is 1.07. The summed E-state index contributed by atoms with van der Waals surface area (Å²) < 4.78 is 0. The van der Waals surface area contributed by atoms with Crippen LogP contribution in [0, 0.1) is 17.2 Å². The van der Waals surface area contributed by atoms with E-state index in [9.17, 15) is 4.79 Å². The first-order valence-electron chi connectivity index (χ1n) is 9.28. The van der Waals surface area contributed by atoms with Crippen LogP contribution in [-0.4, -0.2) is 36.5 Å². The largest absolute Gasteiger partial charge is 0.311 e. The first-order chi connectivity index (χ1) is 11.7. The van der Waals surface area contributed by atoms with Gasteiger partial charge in [0.2, 0.25) is 5.91 Å². The molecule has 4 nitrogen and oxygen atoms in total. The van der Waals surface area contributed by atoms with E-state index in [-0.39, 0.29) is 11.9 Å². The minimum Gasteiger partial charge on any atom is -0.311 e. The smallest absolute Gasteiger partial charge is 0.244 e. The Balaban J connectivity index is 1.64. The van der Waals surface area contributed by atoms with E-state index in [4.69, 9.17) is 5.26 Å². The number of carbonyl (C=O) groups is 1. The van der Waals surface area contributed by atoms with E-state index < -0.39 is 0 Å². The lowest BCUT2D eigenvalue weighted by Crippen LogP contribution is -2.42. The lowest BCUT2D eigenvalue weighted by atomic mass is 9.96. The molecule has 0 N–H and O–H groups in total. The molecule has 24 heavy (non-hydrogen) atoms. The Hall–Kier alpha value is -1.86. The number of hydrogen-bond donors (Lipinski definition) is 0. The molecule has 2 saturated heterocycles. The van der Waals surface area contributed by atoms with Crippen LogP contribution in [0.3, 0.4) is 0 Å². The van der Waals surface area contributed by atoms with Crippen molar-refractivity contribution in [3.8, 4) is 6.07 Å². The van der Waals surface area contributed by atoms with Gasteiger partial charge in [0, 0.05) is 12.2 Å². The molecule has 2 heterocycles. The molecule has 0 spiro atoms. The van der Waals surface area contributed by atoms with Crippen molar-refractivity contribution in [3.63, 3.8) is 0 Å². The molecule has 128 valence electrons. The van der Waals surface area contributed by atoms with E-state index in [1.54, 1.807) is 12.1 Å². The van der Waals surface area contributed by atoms with E-state index >= 15 is 0 Å². The van der Waals surface area contributed by atoms with Gasteiger partial charge in [-0.25, -0.2) is 0 Å². The van der Waals surface area contributed by atoms with Crippen molar-refractivity contribution in [2.75, 3.05) is 24.5 Å². The van der Waals surface area contributed by atoms with Gasteiger partial charge in [-0.3, -0.25) is 9.69 Å². The third-order valence-corrected chi connectivity index (χ3v) is 5.51. The second-order valence-electron chi connectivity index (χ2n) is 7.07. The van der Waals surface area contributed by atoms with Gasteiger partial charge in [0.1, 0.15) is 0 Å². The van der Waals surface area contributed by atoms with Gasteiger partial charge in [-0.15, -0.1) is 0 Å². The van der Waals surface area contributed by atoms with Crippen LogP contribution in [0.2, 0.25) is 0 Å². The molecule has 1 aromatic rings. The van der Waals surface area contributed by atoms with Crippen LogP contribution in [0.5, 0.6) is 0 Å². The average molecular weight is 325 g/mol. The van der Waals surface area contributed by atoms with Crippen molar-refractivity contribution in [2.45, 2.75) is 51.5 Å². The van der Waals surface area contributed by atoms with Crippen LogP contribution in [0.25, 0.3) is 0 Å². The van der Waals surface area contributed by atoms with Crippen molar-refractivity contribution in [2.24, 2.45) is 5.92 Å². The molecule has 3 rings (SSSR count). The lowest BCUT2D eigenvalue weighted by molar-refractivity contribution is -0.121. The summed E-state index contributed by atoms with van der Waals surface area (Å²) in [5.41, 5.74) is 1.55. The van der Waals surface area contributed by atoms with Crippen LogP contribution in [0.1, 0.15) is 51.0 Å². The second kappa shape index (κ2) is 7.81. The summed E-state index contributed by atoms with van der Waals surface area (Å²) in [6.07, 6.45) is 7.25. The van der Waals surface area contributed by atoms with E-state index in [0.717, 1.165) is 37.7 Å². The van der Waals surface area contributed by atoms with Crippen molar-refractivity contribution in [3.05, 3.63) is 29.8 Å². The summed E-state index contributed by atoms with van der Waals surface area (Å²) >= 11 is 0. The number of nitriles is 1. The van der Waals surface area contributed by atoms with Crippen molar-refractivity contribution < 1.29 is 4.79 Å². The molecule has 2 fully saturated rings. The zero-order valence-corrected chi connectivity index (χ0v) is 14.6. The Morgan fingerprint density at radius 2 is 1.92 bits per heavy atom. The fourth-order valence-electron chi connectivity index (χ4n) is 4.17. The van der Waals surface area contributed by atoms with E-state index in [0.29, 0.717) is 5.56 Å². The van der Waals surface area contributed by atoms with E-state index in [2.05, 4.69) is 17.9 Å². The average Bonchev–Trinajstić information content (AvgIpc) is 2.84. The van der Waals surface area contributed by atoms with Gasteiger partial charge < -0.3 is 4.90 Å². The maximum absolute atomic E-state index is 12.9. The molecule has 2 atom stereocenters. The molecule has 0 bridgehead atoms. The molecule has 1 aromatic carbocycles. The summed E-state index contributed by atoms with van der Waals surface area (Å²) in [4.78, 5) is 17.2. The SMILES string of the molecule is CCC[C@@H]1CCCN([C@@H]2CCN(c3ccc(C#N)cc3)C2=O)CC1. The molecular formula is C20H27N3O. The number of carbonyl (C=O) groups excluding carboxylic acids is 1. The van der Waals surface area contributed by atoms with Crippen molar-refractivity contribution in [1.82, 2.24) is 4.90 Å². The third-order valence-electron chi connectivity index (χ3n) is 5.51. The molecule has 0 saturated carbocycles. The molecule has 0 unspecified atom stereocenters. The van der Waals surface area contributed by atoms with Crippen LogP contribution >= 0.6 is 0 Å². The van der Waals surface area contributed by atoms with Gasteiger partial charge in [-0.05, 0) is 69.0 Å². The maximum Gasteiger partial charge on any atom is 0.244 e. The number of anilines is 1. The predicted molar refractivity (Wildman–Crippen MR) is 95.7 cm³/mol. The van der Waals surface area contributed by atoms with Crippen LogP contribution in [0.4, 0.5) is 5.69 Å². The summed E-state index contributed by atoms with van der Waals surface area (Å²) in [6, 6.07) is 9.52. The first kappa shape index (κ1) is 17.0. The van der Waals surface area contributed by atoms with Gasteiger partial charge in [-0.2, -0.15) is 5.26 Å². The predicted octanol–water partition coefficient (Wildman–Crippen LogP) is 3.57. The minimum absolute atomic E-state index is 0.0426. The van der Waals surface area contributed by atoms with E-state index in [1.807, 2.05) is 17.0 Å². The summed E-state index contributed by atoms with van der Waals surface area (Å²) in [6.45, 7) is 5.16. The number of amides is 1. The first-order valence-corrected chi connectivity index (χ1v) is 9.28. The monoisotopic (exact) mass is 325 g/mol. The summed E-state index contributed by atoms with van der Waals surface area (Å²) in [5, 5.41) is 8.91. The van der Waals surface area contributed by atoms with Crippen LogP contribution in [0.15, 0.2) is 24.3 Å². The topological polar surface area (TPSA) is 47.3 Å². The molecule has 1 amide bonds. The quantitative estimate of drug-likeness (QED) is 0.850. The van der Waals surface area contributed by atoms with E-state index in [1.165, 1.54) is 32.1 Å². The molecule has 0 radical (unpaired) electrons. The molecule has 2 aliphatic heterocycles. The maximum atomic E-state index is 12.9. The van der Waals surface area contributed by atoms with Gasteiger partial charge in [-0.1, -0.05) is 19.8 Å². The Morgan fingerprint density at radius 1 is 1.12 bits per heavy atom. The van der Waals surface area contributed by atoms with Crippen LogP contribution < -0.4 is 4.90 Å². The Bertz CT molecular complexity index is 604. The minimum atomic E-state index is 0.0426. The number of hydrogen-bond acceptors (Lipinski definition) is 3. The lowest BCUT2D eigenvalue weighted by Gasteiger charge is -2.26. The number of rotatable bonds is 4. The van der Waals surface area contributed by atoms with Gasteiger partial charge in [0.05, 0.1) is 17.7 Å². The highest BCUT2D eigenvalue weighted by atomic mass is 16.2. The normalized spacial score (nSPS) is 25.5. The number of nitrogens with zero attached hydrogens (tertiary/aromatic N) is 3. The second-order valence-corrected chi connectivity index (χ2v) is 7.07. The zero-order chi connectivity index (χ0) is 16.9. The van der Waals surface area contributed by atoms with Gasteiger partial charge in [0.15, 0.2) is 0 Å².